The first-order chi connectivity index (χ1) is 13.1. The predicted molar refractivity (Wildman–Crippen MR) is 98.2 cm³/mol. The lowest BCUT2D eigenvalue weighted by Crippen LogP contribution is -2.50. The van der Waals surface area contributed by atoms with Gasteiger partial charge in [0.15, 0.2) is 0 Å². The number of aromatic nitrogens is 1. The topological polar surface area (TPSA) is 53.5 Å². The zero-order valence-electron chi connectivity index (χ0n) is 15.1. The fourth-order valence-corrected chi connectivity index (χ4v) is 4.21. The van der Waals surface area contributed by atoms with Crippen LogP contribution in [-0.2, 0) is 11.3 Å². The van der Waals surface area contributed by atoms with Crippen LogP contribution in [0.2, 0.25) is 0 Å². The van der Waals surface area contributed by atoms with Gasteiger partial charge in [-0.3, -0.25) is 14.6 Å². The maximum Gasteiger partial charge on any atom is 0.272 e. The molecule has 140 valence electrons. The van der Waals surface area contributed by atoms with Gasteiger partial charge >= 0.3 is 0 Å². The van der Waals surface area contributed by atoms with Gasteiger partial charge in [-0.2, -0.15) is 0 Å². The third kappa shape index (κ3) is 3.31. The van der Waals surface area contributed by atoms with E-state index >= 15 is 0 Å². The van der Waals surface area contributed by atoms with Crippen molar-refractivity contribution in [2.75, 3.05) is 19.6 Å². The molecule has 2 aromatic rings. The first kappa shape index (κ1) is 17.6. The number of hydrogen-bond donors (Lipinski definition) is 0. The number of carbonyl (C=O) groups is 2. The number of amides is 2. The van der Waals surface area contributed by atoms with Crippen LogP contribution in [0.15, 0.2) is 48.7 Å². The van der Waals surface area contributed by atoms with Gasteiger partial charge in [0.05, 0.1) is 5.41 Å². The van der Waals surface area contributed by atoms with E-state index in [1.807, 2.05) is 0 Å². The van der Waals surface area contributed by atoms with Gasteiger partial charge in [-0.05, 0) is 37.5 Å². The zero-order chi connectivity index (χ0) is 18.9. The number of pyridine rings is 1. The Morgan fingerprint density at radius 1 is 1.11 bits per heavy atom. The molecule has 6 heteroatoms. The summed E-state index contributed by atoms with van der Waals surface area (Å²) in [4.78, 5) is 33.5. The van der Waals surface area contributed by atoms with E-state index in [0.717, 1.165) is 12.8 Å². The standard InChI is InChI=1S/C21H22FN3O2/c22-17-7-2-1-6-16(17)14-24-12-5-9-21(20(24)27)10-13-25(15-21)19(26)18-8-3-4-11-23-18/h1-4,6-8,11H,5,9-10,12-15H2. The monoisotopic (exact) mass is 367 g/mol. The minimum atomic E-state index is -0.548. The van der Waals surface area contributed by atoms with Gasteiger partial charge in [-0.1, -0.05) is 24.3 Å². The smallest absolute Gasteiger partial charge is 0.272 e. The van der Waals surface area contributed by atoms with Crippen molar-refractivity contribution in [1.82, 2.24) is 14.8 Å². The maximum atomic E-state index is 14.0. The highest BCUT2D eigenvalue weighted by atomic mass is 19.1. The van der Waals surface area contributed by atoms with Crippen LogP contribution in [0.4, 0.5) is 4.39 Å². The van der Waals surface area contributed by atoms with E-state index in [2.05, 4.69) is 4.98 Å². The molecule has 4 rings (SSSR count). The van der Waals surface area contributed by atoms with Crippen LogP contribution >= 0.6 is 0 Å². The van der Waals surface area contributed by atoms with Gasteiger partial charge in [0, 0.05) is 37.9 Å². The van der Waals surface area contributed by atoms with Gasteiger partial charge in [-0.25, -0.2) is 4.39 Å². The lowest BCUT2D eigenvalue weighted by molar-refractivity contribution is -0.146. The van der Waals surface area contributed by atoms with Crippen LogP contribution < -0.4 is 0 Å². The van der Waals surface area contributed by atoms with E-state index in [1.165, 1.54) is 6.07 Å². The number of likely N-dealkylation sites (tertiary alicyclic amines) is 2. The molecule has 0 aliphatic carbocycles. The number of nitrogens with zero attached hydrogens (tertiary/aromatic N) is 3. The molecular weight excluding hydrogens is 345 g/mol. The van der Waals surface area contributed by atoms with E-state index in [0.29, 0.717) is 37.3 Å². The molecule has 0 bridgehead atoms. The summed E-state index contributed by atoms with van der Waals surface area (Å²) in [5.74, 6) is -0.386. The number of hydrogen-bond acceptors (Lipinski definition) is 3. The molecule has 2 fully saturated rings. The summed E-state index contributed by atoms with van der Waals surface area (Å²) >= 11 is 0. The highest BCUT2D eigenvalue weighted by Crippen LogP contribution is 2.40. The van der Waals surface area contributed by atoms with Crippen molar-refractivity contribution < 1.29 is 14.0 Å². The molecular formula is C21H22FN3O2. The minimum Gasteiger partial charge on any atom is -0.338 e. The van der Waals surface area contributed by atoms with Crippen molar-refractivity contribution in [1.29, 1.82) is 0 Å². The van der Waals surface area contributed by atoms with Gasteiger partial charge in [0.1, 0.15) is 11.5 Å². The molecule has 1 aromatic heterocycles. The molecule has 5 nitrogen and oxygen atoms in total. The second-order valence-corrected chi connectivity index (χ2v) is 7.39. The van der Waals surface area contributed by atoms with E-state index < -0.39 is 5.41 Å². The zero-order valence-corrected chi connectivity index (χ0v) is 15.1. The maximum absolute atomic E-state index is 14.0. The normalized spacial score (nSPS) is 22.5. The van der Waals surface area contributed by atoms with Crippen LogP contribution in [0, 0.1) is 11.2 Å². The second-order valence-electron chi connectivity index (χ2n) is 7.39. The fraction of sp³-hybridized carbons (Fsp3) is 0.381. The number of rotatable bonds is 3. The predicted octanol–water partition coefficient (Wildman–Crippen LogP) is 2.88. The van der Waals surface area contributed by atoms with Gasteiger partial charge in [0.2, 0.25) is 5.91 Å². The summed E-state index contributed by atoms with van der Waals surface area (Å²) in [7, 11) is 0. The highest BCUT2D eigenvalue weighted by Gasteiger charge is 2.49. The van der Waals surface area contributed by atoms with Crippen molar-refractivity contribution in [3.05, 3.63) is 65.7 Å². The molecule has 2 amide bonds. The highest BCUT2D eigenvalue weighted by molar-refractivity contribution is 5.93. The quantitative estimate of drug-likeness (QED) is 0.838. The average Bonchev–Trinajstić information content (AvgIpc) is 3.12. The summed E-state index contributed by atoms with van der Waals surface area (Å²) in [6.07, 6.45) is 3.89. The number of halogens is 1. The van der Waals surface area contributed by atoms with Crippen molar-refractivity contribution in [2.45, 2.75) is 25.8 Å². The molecule has 0 radical (unpaired) electrons. The Hall–Kier alpha value is -2.76. The van der Waals surface area contributed by atoms with Crippen LogP contribution in [0.1, 0.15) is 35.3 Å². The lowest BCUT2D eigenvalue weighted by Gasteiger charge is -2.39. The van der Waals surface area contributed by atoms with Crippen molar-refractivity contribution in [3.8, 4) is 0 Å². The second kappa shape index (κ2) is 7.10. The molecule has 1 atom stereocenters. The fourth-order valence-electron chi connectivity index (χ4n) is 4.21. The average molecular weight is 367 g/mol. The minimum absolute atomic E-state index is 0.0355. The molecule has 27 heavy (non-hydrogen) atoms. The van der Waals surface area contributed by atoms with E-state index in [-0.39, 0.29) is 24.2 Å². The first-order valence-corrected chi connectivity index (χ1v) is 9.32. The molecule has 1 unspecified atom stereocenters. The SMILES string of the molecule is O=C(c1ccccn1)N1CCC2(CCCN(Cc3ccccc3F)C2=O)C1. The Bertz CT molecular complexity index is 858. The molecule has 1 aromatic carbocycles. The molecule has 2 aliphatic rings. The third-order valence-corrected chi connectivity index (χ3v) is 5.67. The Morgan fingerprint density at radius 3 is 2.70 bits per heavy atom. The Balaban J connectivity index is 1.49. The van der Waals surface area contributed by atoms with Crippen molar-refractivity contribution in [3.63, 3.8) is 0 Å². The van der Waals surface area contributed by atoms with Crippen LogP contribution in [0.25, 0.3) is 0 Å². The summed E-state index contributed by atoms with van der Waals surface area (Å²) in [6, 6.07) is 11.8. The van der Waals surface area contributed by atoms with E-state index in [4.69, 9.17) is 0 Å². The largest absolute Gasteiger partial charge is 0.338 e. The molecule has 0 saturated carbocycles. The van der Waals surface area contributed by atoms with Crippen molar-refractivity contribution in [2.24, 2.45) is 5.41 Å². The van der Waals surface area contributed by atoms with Crippen LogP contribution in [-0.4, -0.2) is 46.2 Å². The number of piperidine rings is 1. The first-order valence-electron chi connectivity index (χ1n) is 9.32. The van der Waals surface area contributed by atoms with E-state index in [9.17, 15) is 14.0 Å². The summed E-state index contributed by atoms with van der Waals surface area (Å²) in [5.41, 5.74) is 0.386. The third-order valence-electron chi connectivity index (χ3n) is 5.67. The van der Waals surface area contributed by atoms with Crippen molar-refractivity contribution >= 4 is 11.8 Å². The summed E-state index contributed by atoms with van der Waals surface area (Å²) in [6.45, 7) is 1.87. The Morgan fingerprint density at radius 2 is 1.93 bits per heavy atom. The lowest BCUT2D eigenvalue weighted by atomic mass is 9.78. The molecule has 0 N–H and O–H groups in total. The van der Waals surface area contributed by atoms with Gasteiger partial charge in [0.25, 0.3) is 5.91 Å². The summed E-state index contributed by atoms with van der Waals surface area (Å²) in [5, 5.41) is 0. The molecule has 2 saturated heterocycles. The summed E-state index contributed by atoms with van der Waals surface area (Å²) < 4.78 is 14.0. The Kier molecular flexibility index (Phi) is 4.64. The molecule has 2 aliphatic heterocycles. The Labute approximate surface area is 157 Å². The van der Waals surface area contributed by atoms with Gasteiger partial charge in [-0.15, -0.1) is 0 Å². The van der Waals surface area contributed by atoms with Crippen LogP contribution in [0.3, 0.4) is 0 Å². The number of benzene rings is 1. The molecule has 3 heterocycles. The van der Waals surface area contributed by atoms with Gasteiger partial charge < -0.3 is 9.80 Å². The van der Waals surface area contributed by atoms with Crippen LogP contribution in [0.5, 0.6) is 0 Å². The molecule has 1 spiro atoms. The van der Waals surface area contributed by atoms with E-state index in [1.54, 1.807) is 52.4 Å². The number of carbonyl (C=O) groups excluding carboxylic acids is 2.